The minimum absolute atomic E-state index is 0.128. The number of carbonyl (C=O) groups excluding carboxylic acids is 3. The number of hydrogen-bond acceptors (Lipinski definition) is 7. The molecule has 0 radical (unpaired) electrons. The molecular weight excluding hydrogens is 486 g/mol. The molecule has 1 fully saturated rings. The lowest BCUT2D eigenvalue weighted by Crippen LogP contribution is -2.29. The van der Waals surface area contributed by atoms with Crippen LogP contribution in [-0.2, 0) is 14.3 Å². The molecule has 1 amide bonds. The maximum absolute atomic E-state index is 13.3. The predicted octanol–water partition coefficient (Wildman–Crippen LogP) is 4.77. The van der Waals surface area contributed by atoms with E-state index >= 15 is 0 Å². The van der Waals surface area contributed by atoms with Crippen LogP contribution < -0.4 is 14.4 Å². The highest BCUT2D eigenvalue weighted by Gasteiger charge is 2.47. The lowest BCUT2D eigenvalue weighted by atomic mass is 9.94. The summed E-state index contributed by atoms with van der Waals surface area (Å²) >= 11 is 6.29. The van der Waals surface area contributed by atoms with Gasteiger partial charge in [0.05, 0.1) is 49.1 Å². The molecule has 1 unspecified atom stereocenters. The van der Waals surface area contributed by atoms with E-state index in [1.165, 1.54) is 62.6 Å². The van der Waals surface area contributed by atoms with Gasteiger partial charge < -0.3 is 19.3 Å². The molecule has 9 heteroatoms. The second-order valence-corrected chi connectivity index (χ2v) is 8.21. The van der Waals surface area contributed by atoms with Gasteiger partial charge in [0.1, 0.15) is 17.3 Å². The normalized spacial score (nSPS) is 16.7. The summed E-state index contributed by atoms with van der Waals surface area (Å²) in [5, 5.41) is 11.6. The Morgan fingerprint density at radius 2 is 1.56 bits per heavy atom. The Morgan fingerprint density at radius 3 is 2.14 bits per heavy atom. The maximum Gasteiger partial charge on any atom is 0.337 e. The van der Waals surface area contributed by atoms with Crippen LogP contribution in [0.1, 0.15) is 27.5 Å². The molecule has 4 rings (SSSR count). The minimum atomic E-state index is -0.958. The molecule has 36 heavy (non-hydrogen) atoms. The summed E-state index contributed by atoms with van der Waals surface area (Å²) in [6.45, 7) is 0. The molecule has 0 bridgehead atoms. The van der Waals surface area contributed by atoms with Gasteiger partial charge in [-0.15, -0.1) is 0 Å². The van der Waals surface area contributed by atoms with Crippen molar-refractivity contribution in [3.8, 4) is 11.5 Å². The Morgan fingerprint density at radius 1 is 0.917 bits per heavy atom. The van der Waals surface area contributed by atoms with Crippen LogP contribution in [0.4, 0.5) is 5.69 Å². The largest absolute Gasteiger partial charge is 0.507 e. The third kappa shape index (κ3) is 4.27. The van der Waals surface area contributed by atoms with Crippen LogP contribution in [0.3, 0.4) is 0 Å². The van der Waals surface area contributed by atoms with Gasteiger partial charge in [0.15, 0.2) is 0 Å². The highest BCUT2D eigenvalue weighted by molar-refractivity contribution is 6.51. The molecule has 3 aromatic carbocycles. The van der Waals surface area contributed by atoms with Crippen molar-refractivity contribution in [1.82, 2.24) is 0 Å². The van der Waals surface area contributed by atoms with E-state index in [4.69, 9.17) is 25.8 Å². The standard InChI is InChI=1S/C27H22ClNO7/c1-34-20-14-21(35-2)19(28)13-18(20)24(30)22-23(15-7-5-4-6-8-15)29(26(32)25(22)31)17-11-9-16(10-12-17)27(33)36-3/h4-14,23,30H,1-3H3/b24-22+. The Hall–Kier alpha value is -4.30. The molecule has 1 aliphatic rings. The zero-order valence-electron chi connectivity index (χ0n) is 19.7. The molecule has 1 aliphatic heterocycles. The molecule has 1 atom stereocenters. The second-order valence-electron chi connectivity index (χ2n) is 7.81. The van der Waals surface area contributed by atoms with Gasteiger partial charge in [-0.2, -0.15) is 0 Å². The number of nitrogens with zero attached hydrogens (tertiary/aromatic N) is 1. The maximum atomic E-state index is 13.3. The summed E-state index contributed by atoms with van der Waals surface area (Å²) in [6, 6.07) is 16.8. The van der Waals surface area contributed by atoms with Gasteiger partial charge in [-0.25, -0.2) is 4.79 Å². The first-order valence-electron chi connectivity index (χ1n) is 10.8. The van der Waals surface area contributed by atoms with Gasteiger partial charge in [-0.1, -0.05) is 41.9 Å². The van der Waals surface area contributed by atoms with Gasteiger partial charge in [-0.3, -0.25) is 14.5 Å². The third-order valence-electron chi connectivity index (χ3n) is 5.86. The quantitative estimate of drug-likeness (QED) is 0.222. The van der Waals surface area contributed by atoms with Crippen molar-refractivity contribution >= 4 is 40.7 Å². The van der Waals surface area contributed by atoms with Crippen LogP contribution in [0.25, 0.3) is 5.76 Å². The Kier molecular flexibility index (Phi) is 6.98. The van der Waals surface area contributed by atoms with Gasteiger partial charge in [0.25, 0.3) is 11.7 Å². The van der Waals surface area contributed by atoms with Crippen LogP contribution >= 0.6 is 11.6 Å². The molecule has 0 spiro atoms. The van der Waals surface area contributed by atoms with Gasteiger partial charge >= 0.3 is 5.97 Å². The minimum Gasteiger partial charge on any atom is -0.507 e. The SMILES string of the molecule is COC(=O)c1ccc(N2C(=O)C(=O)/C(=C(/O)c3cc(Cl)c(OC)cc3OC)C2c2ccccc2)cc1. The topological polar surface area (TPSA) is 102 Å². The Labute approximate surface area is 212 Å². The fraction of sp³-hybridized carbons (Fsp3) is 0.148. The number of aliphatic hydroxyl groups is 1. The molecule has 1 saturated heterocycles. The van der Waals surface area contributed by atoms with Gasteiger partial charge in [-0.05, 0) is 35.9 Å². The van der Waals surface area contributed by atoms with Crippen molar-refractivity contribution in [3.05, 3.63) is 94.0 Å². The van der Waals surface area contributed by atoms with Crippen LogP contribution in [0.2, 0.25) is 5.02 Å². The van der Waals surface area contributed by atoms with E-state index in [0.717, 1.165) is 0 Å². The molecule has 0 saturated carbocycles. The second kappa shape index (κ2) is 10.1. The molecule has 0 aliphatic carbocycles. The number of halogens is 1. The molecule has 3 aromatic rings. The summed E-state index contributed by atoms with van der Waals surface area (Å²) < 4.78 is 15.3. The summed E-state index contributed by atoms with van der Waals surface area (Å²) in [6.07, 6.45) is 0. The number of rotatable bonds is 6. The van der Waals surface area contributed by atoms with Crippen molar-refractivity contribution in [1.29, 1.82) is 0 Å². The summed E-state index contributed by atoms with van der Waals surface area (Å²) in [5.41, 5.74) is 1.23. The lowest BCUT2D eigenvalue weighted by Gasteiger charge is -2.25. The number of esters is 1. The van der Waals surface area contributed by atoms with E-state index in [9.17, 15) is 19.5 Å². The van der Waals surface area contributed by atoms with Gasteiger partial charge in [0, 0.05) is 11.8 Å². The number of aliphatic hydroxyl groups excluding tert-OH is 1. The van der Waals surface area contributed by atoms with Crippen LogP contribution in [0, 0.1) is 0 Å². The summed E-state index contributed by atoms with van der Waals surface area (Å²) in [4.78, 5) is 39.8. The highest BCUT2D eigenvalue weighted by atomic mass is 35.5. The van der Waals surface area contributed by atoms with E-state index in [2.05, 4.69) is 0 Å². The monoisotopic (exact) mass is 507 g/mol. The van der Waals surface area contributed by atoms with E-state index in [1.54, 1.807) is 30.3 Å². The van der Waals surface area contributed by atoms with Gasteiger partial charge in [0.2, 0.25) is 0 Å². The van der Waals surface area contributed by atoms with Crippen molar-refractivity contribution in [3.63, 3.8) is 0 Å². The molecule has 1 N–H and O–H groups in total. The lowest BCUT2D eigenvalue weighted by molar-refractivity contribution is -0.132. The average Bonchev–Trinajstić information content (AvgIpc) is 3.18. The fourth-order valence-corrected chi connectivity index (χ4v) is 4.36. The first-order valence-corrected chi connectivity index (χ1v) is 11.2. The number of carbonyl (C=O) groups is 3. The summed E-state index contributed by atoms with van der Waals surface area (Å²) in [7, 11) is 4.10. The summed E-state index contributed by atoms with van der Waals surface area (Å²) in [5.74, 6) is -2.18. The van der Waals surface area contributed by atoms with Crippen molar-refractivity contribution in [2.24, 2.45) is 0 Å². The number of benzene rings is 3. The van der Waals surface area contributed by atoms with E-state index in [-0.39, 0.29) is 27.5 Å². The van der Waals surface area contributed by atoms with E-state index in [0.29, 0.717) is 17.0 Å². The molecule has 184 valence electrons. The Balaban J connectivity index is 1.93. The smallest absolute Gasteiger partial charge is 0.337 e. The first kappa shape index (κ1) is 24.8. The molecule has 1 heterocycles. The fourth-order valence-electron chi connectivity index (χ4n) is 4.12. The van der Waals surface area contributed by atoms with Crippen LogP contribution in [-0.4, -0.2) is 44.1 Å². The third-order valence-corrected chi connectivity index (χ3v) is 6.15. The number of hydrogen-bond donors (Lipinski definition) is 1. The van der Waals surface area contributed by atoms with Crippen LogP contribution in [0.15, 0.2) is 72.3 Å². The molecule has 8 nitrogen and oxygen atoms in total. The highest BCUT2D eigenvalue weighted by Crippen LogP contribution is 2.44. The predicted molar refractivity (Wildman–Crippen MR) is 134 cm³/mol. The molecular formula is C27H22ClNO7. The number of Topliss-reactive ketones (excluding diaryl/α,β-unsaturated/α-hetero) is 1. The van der Waals surface area contributed by atoms with Crippen molar-refractivity contribution in [2.75, 3.05) is 26.2 Å². The zero-order valence-corrected chi connectivity index (χ0v) is 20.4. The first-order chi connectivity index (χ1) is 17.3. The van der Waals surface area contributed by atoms with Crippen molar-refractivity contribution in [2.45, 2.75) is 6.04 Å². The average molecular weight is 508 g/mol. The van der Waals surface area contributed by atoms with Crippen LogP contribution in [0.5, 0.6) is 11.5 Å². The number of methoxy groups -OCH3 is 3. The number of anilines is 1. The number of amides is 1. The van der Waals surface area contributed by atoms with Crippen molar-refractivity contribution < 1.29 is 33.7 Å². The number of ether oxygens (including phenoxy) is 3. The Bertz CT molecular complexity index is 1370. The zero-order chi connectivity index (χ0) is 26.0. The molecule has 0 aromatic heterocycles. The van der Waals surface area contributed by atoms with E-state index < -0.39 is 29.5 Å². The van der Waals surface area contributed by atoms with E-state index in [1.807, 2.05) is 0 Å². The number of ketones is 1.